The second-order valence-corrected chi connectivity index (χ2v) is 7.83. The van der Waals surface area contributed by atoms with Gasteiger partial charge in [-0.05, 0) is 46.0 Å². The zero-order valence-corrected chi connectivity index (χ0v) is 14.6. The molecule has 122 valence electrons. The Hall–Kier alpha value is -0.560. The molecule has 0 radical (unpaired) electrons. The van der Waals surface area contributed by atoms with Gasteiger partial charge in [-0.25, -0.2) is 8.42 Å². The third-order valence-corrected chi connectivity index (χ3v) is 5.27. The average molecular weight is 337 g/mol. The van der Waals surface area contributed by atoms with E-state index in [4.69, 9.17) is 16.0 Å². The van der Waals surface area contributed by atoms with Crippen molar-refractivity contribution in [1.82, 2.24) is 9.21 Å². The summed E-state index contributed by atoms with van der Waals surface area (Å²) in [4.78, 5) is 1.97. The van der Waals surface area contributed by atoms with Gasteiger partial charge >= 0.3 is 0 Å². The fourth-order valence-electron chi connectivity index (χ4n) is 1.88. The summed E-state index contributed by atoms with van der Waals surface area (Å²) < 4.78 is 31.9. The molecular formula is C14H25ClN2O3S. The molecule has 0 atom stereocenters. The van der Waals surface area contributed by atoms with E-state index in [0.29, 0.717) is 37.6 Å². The fraction of sp³-hybridized carbons (Fsp3) is 0.714. The van der Waals surface area contributed by atoms with Crippen molar-refractivity contribution in [3.8, 4) is 0 Å². The van der Waals surface area contributed by atoms with E-state index in [1.165, 1.54) is 4.31 Å². The Labute approximate surface area is 132 Å². The summed E-state index contributed by atoms with van der Waals surface area (Å²) in [6.07, 6.45) is 1.30. The first-order valence-electron chi connectivity index (χ1n) is 7.09. The maximum atomic E-state index is 12.5. The van der Waals surface area contributed by atoms with Crippen LogP contribution >= 0.6 is 11.6 Å². The molecule has 1 heterocycles. The lowest BCUT2D eigenvalue weighted by atomic mass is 10.4. The quantitative estimate of drug-likeness (QED) is 0.486. The molecule has 0 aromatic carbocycles. The number of hydrogen-bond donors (Lipinski definition) is 0. The summed E-state index contributed by atoms with van der Waals surface area (Å²) in [6.45, 7) is 3.26. The number of sulfonamides is 1. The number of hydrogen-bond acceptors (Lipinski definition) is 4. The van der Waals surface area contributed by atoms with E-state index < -0.39 is 10.0 Å². The topological polar surface area (TPSA) is 53.8 Å². The summed E-state index contributed by atoms with van der Waals surface area (Å²) in [5.41, 5.74) is 0. The molecule has 0 aliphatic heterocycles. The van der Waals surface area contributed by atoms with Crippen molar-refractivity contribution in [2.45, 2.75) is 26.3 Å². The highest BCUT2D eigenvalue weighted by atomic mass is 35.5. The van der Waals surface area contributed by atoms with E-state index >= 15 is 0 Å². The first kappa shape index (κ1) is 18.5. The zero-order chi connectivity index (χ0) is 15.9. The second-order valence-electron chi connectivity index (χ2n) is 5.36. The molecule has 0 aliphatic carbocycles. The van der Waals surface area contributed by atoms with Crippen molar-refractivity contribution in [2.24, 2.45) is 0 Å². The summed E-state index contributed by atoms with van der Waals surface area (Å²) in [5, 5.41) is 0. The van der Waals surface area contributed by atoms with Crippen LogP contribution in [0.4, 0.5) is 0 Å². The van der Waals surface area contributed by atoms with Crippen molar-refractivity contribution in [3.05, 3.63) is 23.7 Å². The second kappa shape index (κ2) is 8.78. The van der Waals surface area contributed by atoms with Crippen LogP contribution in [0.1, 0.15) is 24.4 Å². The minimum atomic E-state index is -3.29. The van der Waals surface area contributed by atoms with Crippen LogP contribution in [0.15, 0.2) is 16.5 Å². The Morgan fingerprint density at radius 3 is 2.43 bits per heavy atom. The van der Waals surface area contributed by atoms with Crippen LogP contribution in [0.5, 0.6) is 0 Å². The summed E-state index contributed by atoms with van der Waals surface area (Å²) in [6, 6.07) is 3.67. The van der Waals surface area contributed by atoms with E-state index in [1.54, 1.807) is 0 Å². The van der Waals surface area contributed by atoms with Gasteiger partial charge in [0.1, 0.15) is 11.5 Å². The van der Waals surface area contributed by atoms with Crippen molar-refractivity contribution >= 4 is 21.6 Å². The van der Waals surface area contributed by atoms with E-state index in [-0.39, 0.29) is 12.3 Å². The van der Waals surface area contributed by atoms with E-state index in [9.17, 15) is 8.42 Å². The van der Waals surface area contributed by atoms with Crippen molar-refractivity contribution in [2.75, 3.05) is 38.8 Å². The van der Waals surface area contributed by atoms with Crippen molar-refractivity contribution in [1.29, 1.82) is 0 Å². The Morgan fingerprint density at radius 2 is 1.90 bits per heavy atom. The molecule has 0 amide bonds. The Morgan fingerprint density at radius 1 is 1.19 bits per heavy atom. The molecule has 0 bridgehead atoms. The SMILES string of the molecule is Cc1ccc(CN(CCN(C)C)S(=O)(=O)CCCCCl)o1. The van der Waals surface area contributed by atoms with Gasteiger partial charge in [0, 0.05) is 19.0 Å². The molecule has 0 fully saturated rings. The molecule has 0 aliphatic rings. The molecule has 0 saturated carbocycles. The van der Waals surface area contributed by atoms with Crippen LogP contribution < -0.4 is 0 Å². The number of rotatable bonds is 10. The normalized spacial score (nSPS) is 12.5. The highest BCUT2D eigenvalue weighted by Crippen LogP contribution is 2.14. The molecule has 7 heteroatoms. The van der Waals surface area contributed by atoms with Gasteiger partial charge in [-0.15, -0.1) is 11.6 Å². The molecule has 21 heavy (non-hydrogen) atoms. The Balaban J connectivity index is 2.75. The van der Waals surface area contributed by atoms with Crippen LogP contribution in [0.25, 0.3) is 0 Å². The van der Waals surface area contributed by atoms with Crippen LogP contribution in [-0.4, -0.2) is 56.4 Å². The summed E-state index contributed by atoms with van der Waals surface area (Å²) >= 11 is 5.62. The maximum Gasteiger partial charge on any atom is 0.214 e. The molecule has 1 aromatic heterocycles. The molecule has 1 rings (SSSR count). The average Bonchev–Trinajstić information content (AvgIpc) is 2.80. The first-order chi connectivity index (χ1) is 9.85. The maximum absolute atomic E-state index is 12.5. The number of alkyl halides is 1. The molecule has 0 saturated heterocycles. The highest BCUT2D eigenvalue weighted by Gasteiger charge is 2.23. The van der Waals surface area contributed by atoms with Gasteiger partial charge in [-0.2, -0.15) is 4.31 Å². The van der Waals surface area contributed by atoms with Crippen LogP contribution in [0, 0.1) is 6.92 Å². The number of likely N-dealkylation sites (N-methyl/N-ethyl adjacent to an activating group) is 1. The molecular weight excluding hydrogens is 312 g/mol. The van der Waals surface area contributed by atoms with Gasteiger partial charge in [0.25, 0.3) is 0 Å². The third kappa shape index (κ3) is 6.82. The standard InChI is InChI=1S/C14H25ClN2O3S/c1-13-6-7-14(20-13)12-17(10-9-16(2)3)21(18,19)11-5-4-8-15/h6-7H,4-5,8-12H2,1-3H3. The van der Waals surface area contributed by atoms with Crippen molar-refractivity contribution in [3.63, 3.8) is 0 Å². The number of aryl methyl sites for hydroxylation is 1. The molecule has 0 unspecified atom stereocenters. The van der Waals surface area contributed by atoms with Gasteiger partial charge in [0.05, 0.1) is 12.3 Å². The minimum absolute atomic E-state index is 0.132. The largest absolute Gasteiger partial charge is 0.465 e. The predicted octanol–water partition coefficient (Wildman–Crippen LogP) is 2.30. The molecule has 0 N–H and O–H groups in total. The molecule has 5 nitrogen and oxygen atoms in total. The third-order valence-electron chi connectivity index (χ3n) is 3.10. The minimum Gasteiger partial charge on any atom is -0.465 e. The number of nitrogens with zero attached hydrogens (tertiary/aromatic N) is 2. The number of furan rings is 1. The lowest BCUT2D eigenvalue weighted by molar-refractivity contribution is 0.310. The molecule has 1 aromatic rings. The first-order valence-corrected chi connectivity index (χ1v) is 9.23. The van der Waals surface area contributed by atoms with Gasteiger partial charge < -0.3 is 9.32 Å². The van der Waals surface area contributed by atoms with Crippen LogP contribution in [-0.2, 0) is 16.6 Å². The number of halogens is 1. The summed E-state index contributed by atoms with van der Waals surface area (Å²) in [5.74, 6) is 2.08. The van der Waals surface area contributed by atoms with E-state index in [2.05, 4.69) is 0 Å². The van der Waals surface area contributed by atoms with Crippen LogP contribution in [0.2, 0.25) is 0 Å². The smallest absolute Gasteiger partial charge is 0.214 e. The van der Waals surface area contributed by atoms with Gasteiger partial charge in [-0.3, -0.25) is 0 Å². The van der Waals surface area contributed by atoms with E-state index in [1.807, 2.05) is 38.1 Å². The highest BCUT2D eigenvalue weighted by molar-refractivity contribution is 7.89. The molecule has 0 spiro atoms. The van der Waals surface area contributed by atoms with E-state index in [0.717, 1.165) is 5.76 Å². The van der Waals surface area contributed by atoms with Crippen LogP contribution in [0.3, 0.4) is 0 Å². The van der Waals surface area contributed by atoms with Gasteiger partial charge in [0.2, 0.25) is 10.0 Å². The zero-order valence-electron chi connectivity index (χ0n) is 13.0. The van der Waals surface area contributed by atoms with Crippen molar-refractivity contribution < 1.29 is 12.8 Å². The Kier molecular flexibility index (Phi) is 7.73. The fourth-order valence-corrected chi connectivity index (χ4v) is 3.58. The lowest BCUT2D eigenvalue weighted by Crippen LogP contribution is -2.37. The number of unbranched alkanes of at least 4 members (excludes halogenated alkanes) is 1. The van der Waals surface area contributed by atoms with Gasteiger partial charge in [-0.1, -0.05) is 0 Å². The monoisotopic (exact) mass is 336 g/mol. The lowest BCUT2D eigenvalue weighted by Gasteiger charge is -2.23. The van der Waals surface area contributed by atoms with Gasteiger partial charge in [0.15, 0.2) is 0 Å². The predicted molar refractivity (Wildman–Crippen MR) is 86.1 cm³/mol. The Bertz CT molecular complexity index is 514. The summed E-state index contributed by atoms with van der Waals surface area (Å²) in [7, 11) is 0.561.